The fourth-order valence-electron chi connectivity index (χ4n) is 2.23. The Morgan fingerprint density at radius 2 is 1.89 bits per heavy atom. The largest absolute Gasteiger partial charge is 0.478 e. The summed E-state index contributed by atoms with van der Waals surface area (Å²) >= 11 is 1.03. The Balaban J connectivity index is 1.68. The average molecular weight is 400 g/mol. The number of benzene rings is 2. The summed E-state index contributed by atoms with van der Waals surface area (Å²) in [5.74, 6) is -1.60. The van der Waals surface area contributed by atoms with Crippen LogP contribution in [-0.2, 0) is 4.79 Å². The first-order valence-corrected chi connectivity index (χ1v) is 8.72. The molecule has 0 aliphatic rings. The smallest absolute Gasteiger partial charge is 0.335 e. The second-order valence-corrected chi connectivity index (χ2v) is 6.28. The highest BCUT2D eigenvalue weighted by molar-refractivity contribution is 7.99. The molecular formula is C16H12N6O5S. The number of carbonyl (C=O) groups is 2. The van der Waals surface area contributed by atoms with Gasteiger partial charge in [0.1, 0.15) is 5.69 Å². The van der Waals surface area contributed by atoms with E-state index in [0.717, 1.165) is 11.8 Å². The average Bonchev–Trinajstić information content (AvgIpc) is 3.15. The van der Waals surface area contributed by atoms with Crippen LogP contribution in [0.4, 0.5) is 11.4 Å². The zero-order valence-electron chi connectivity index (χ0n) is 14.1. The minimum Gasteiger partial charge on any atom is -0.478 e. The van der Waals surface area contributed by atoms with Crippen LogP contribution in [-0.4, -0.2) is 47.9 Å². The predicted molar refractivity (Wildman–Crippen MR) is 98.6 cm³/mol. The number of para-hydroxylation sites is 2. The van der Waals surface area contributed by atoms with Gasteiger partial charge in [0.2, 0.25) is 11.1 Å². The van der Waals surface area contributed by atoms with E-state index in [1.807, 2.05) is 0 Å². The molecule has 0 spiro atoms. The summed E-state index contributed by atoms with van der Waals surface area (Å²) in [5, 5.41) is 34.0. The number of anilines is 1. The van der Waals surface area contributed by atoms with Crippen LogP contribution in [0.25, 0.3) is 5.69 Å². The van der Waals surface area contributed by atoms with Gasteiger partial charge in [0, 0.05) is 6.07 Å². The lowest BCUT2D eigenvalue weighted by atomic mass is 10.2. The van der Waals surface area contributed by atoms with Crippen molar-refractivity contribution in [1.82, 2.24) is 20.2 Å². The normalized spacial score (nSPS) is 10.4. The predicted octanol–water partition coefficient (Wildman–Crippen LogP) is 2.00. The van der Waals surface area contributed by atoms with Gasteiger partial charge in [-0.05, 0) is 40.8 Å². The number of nitrogens with zero attached hydrogens (tertiary/aromatic N) is 5. The first-order chi connectivity index (χ1) is 13.5. The van der Waals surface area contributed by atoms with Crippen molar-refractivity contribution in [2.75, 3.05) is 11.1 Å². The molecule has 0 saturated carbocycles. The Labute approximate surface area is 161 Å². The van der Waals surface area contributed by atoms with Crippen LogP contribution >= 0.6 is 11.8 Å². The molecule has 2 N–H and O–H groups in total. The van der Waals surface area contributed by atoms with Crippen LogP contribution in [0.15, 0.2) is 53.7 Å². The van der Waals surface area contributed by atoms with Crippen molar-refractivity contribution in [2.24, 2.45) is 0 Å². The van der Waals surface area contributed by atoms with Gasteiger partial charge in [0.05, 0.1) is 21.9 Å². The lowest BCUT2D eigenvalue weighted by Crippen LogP contribution is -2.15. The zero-order valence-corrected chi connectivity index (χ0v) is 14.9. The standard InChI is InChI=1S/C16H12N6O5S/c23-14(17-12-3-1-2-4-13(12)22(26)27)9-28-16-18-19-20-21(16)11-7-5-10(6-8-11)15(24)25/h1-8H,9H2,(H,17,23)(H,24,25). The molecule has 0 fully saturated rings. The van der Waals surface area contributed by atoms with Crippen LogP contribution in [0.2, 0.25) is 0 Å². The quantitative estimate of drug-likeness (QED) is 0.344. The molecule has 3 aromatic rings. The van der Waals surface area contributed by atoms with E-state index in [1.54, 1.807) is 6.07 Å². The molecule has 12 heteroatoms. The number of rotatable bonds is 7. The van der Waals surface area contributed by atoms with E-state index in [-0.39, 0.29) is 22.7 Å². The van der Waals surface area contributed by atoms with Gasteiger partial charge in [-0.1, -0.05) is 23.9 Å². The highest BCUT2D eigenvalue weighted by Crippen LogP contribution is 2.24. The molecule has 1 amide bonds. The third kappa shape index (κ3) is 4.29. The van der Waals surface area contributed by atoms with E-state index in [1.165, 1.54) is 47.1 Å². The Morgan fingerprint density at radius 3 is 2.57 bits per heavy atom. The number of aromatic carboxylic acids is 1. The first-order valence-electron chi connectivity index (χ1n) is 7.74. The topological polar surface area (TPSA) is 153 Å². The van der Waals surface area contributed by atoms with Crippen molar-refractivity contribution in [3.8, 4) is 5.69 Å². The van der Waals surface area contributed by atoms with E-state index in [4.69, 9.17) is 5.11 Å². The maximum absolute atomic E-state index is 12.2. The third-order valence-corrected chi connectivity index (χ3v) is 4.43. The molecular weight excluding hydrogens is 388 g/mol. The van der Waals surface area contributed by atoms with Gasteiger partial charge >= 0.3 is 5.97 Å². The van der Waals surface area contributed by atoms with Crippen molar-refractivity contribution < 1.29 is 19.6 Å². The summed E-state index contributed by atoms with van der Waals surface area (Å²) in [6, 6.07) is 11.7. The first kappa shape index (κ1) is 19.0. The lowest BCUT2D eigenvalue weighted by Gasteiger charge is -2.06. The van der Waals surface area contributed by atoms with Gasteiger partial charge in [0.15, 0.2) is 0 Å². The van der Waals surface area contributed by atoms with Crippen LogP contribution in [0.3, 0.4) is 0 Å². The molecule has 0 aliphatic heterocycles. The minimum absolute atomic E-state index is 0.0837. The Kier molecular flexibility index (Phi) is 5.60. The molecule has 0 atom stereocenters. The highest BCUT2D eigenvalue weighted by Gasteiger charge is 2.16. The van der Waals surface area contributed by atoms with Crippen molar-refractivity contribution >= 4 is 35.0 Å². The summed E-state index contributed by atoms with van der Waals surface area (Å²) in [6.07, 6.45) is 0. The molecule has 1 aromatic heterocycles. The maximum atomic E-state index is 12.2. The third-order valence-electron chi connectivity index (χ3n) is 3.51. The number of hydrogen-bond acceptors (Lipinski definition) is 8. The van der Waals surface area contributed by atoms with Crippen LogP contribution < -0.4 is 5.32 Å². The summed E-state index contributed by atoms with van der Waals surface area (Å²) in [4.78, 5) is 33.5. The van der Waals surface area contributed by atoms with Gasteiger partial charge < -0.3 is 10.4 Å². The van der Waals surface area contributed by atoms with Crippen LogP contribution in [0.1, 0.15) is 10.4 Å². The summed E-state index contributed by atoms with van der Waals surface area (Å²) < 4.78 is 1.36. The number of carboxylic acids is 1. The number of amides is 1. The van der Waals surface area contributed by atoms with Crippen molar-refractivity contribution in [3.05, 3.63) is 64.2 Å². The molecule has 0 unspecified atom stereocenters. The molecule has 142 valence electrons. The lowest BCUT2D eigenvalue weighted by molar-refractivity contribution is -0.383. The summed E-state index contributed by atoms with van der Waals surface area (Å²) in [6.45, 7) is 0. The van der Waals surface area contributed by atoms with Gasteiger partial charge in [-0.2, -0.15) is 4.68 Å². The number of tetrazole rings is 1. The van der Waals surface area contributed by atoms with Crippen molar-refractivity contribution in [3.63, 3.8) is 0 Å². The summed E-state index contributed by atoms with van der Waals surface area (Å²) in [7, 11) is 0. The molecule has 2 aromatic carbocycles. The monoisotopic (exact) mass is 400 g/mol. The SMILES string of the molecule is O=C(CSc1nnnn1-c1ccc(C(=O)O)cc1)Nc1ccccc1[N+](=O)[O-]. The van der Waals surface area contributed by atoms with Crippen molar-refractivity contribution in [2.45, 2.75) is 5.16 Å². The zero-order chi connectivity index (χ0) is 20.1. The second-order valence-electron chi connectivity index (χ2n) is 5.34. The molecule has 0 aliphatic carbocycles. The molecule has 0 radical (unpaired) electrons. The van der Waals surface area contributed by atoms with E-state index in [9.17, 15) is 19.7 Å². The number of thioether (sulfide) groups is 1. The second kappa shape index (κ2) is 8.26. The number of hydrogen-bond donors (Lipinski definition) is 2. The molecule has 0 saturated heterocycles. The number of aromatic nitrogens is 4. The van der Waals surface area contributed by atoms with E-state index < -0.39 is 16.8 Å². The van der Waals surface area contributed by atoms with Crippen molar-refractivity contribution in [1.29, 1.82) is 0 Å². The van der Waals surface area contributed by atoms with Crippen LogP contribution in [0.5, 0.6) is 0 Å². The number of nitrogens with one attached hydrogen (secondary N) is 1. The molecule has 0 bridgehead atoms. The molecule has 11 nitrogen and oxygen atoms in total. The highest BCUT2D eigenvalue weighted by atomic mass is 32.2. The minimum atomic E-state index is -1.05. The van der Waals surface area contributed by atoms with E-state index in [2.05, 4.69) is 20.8 Å². The van der Waals surface area contributed by atoms with Gasteiger partial charge in [0.25, 0.3) is 5.69 Å². The molecule has 1 heterocycles. The van der Waals surface area contributed by atoms with Crippen LogP contribution in [0, 0.1) is 10.1 Å². The Morgan fingerprint density at radius 1 is 1.18 bits per heavy atom. The van der Waals surface area contributed by atoms with E-state index in [0.29, 0.717) is 10.8 Å². The maximum Gasteiger partial charge on any atom is 0.335 e. The number of nitro benzene ring substituents is 1. The summed E-state index contributed by atoms with van der Waals surface area (Å²) in [5.41, 5.74) is 0.539. The number of carboxylic acid groups (broad SMARTS) is 1. The Hall–Kier alpha value is -3.80. The fourth-order valence-corrected chi connectivity index (χ4v) is 2.92. The van der Waals surface area contributed by atoms with Gasteiger partial charge in [-0.3, -0.25) is 14.9 Å². The van der Waals surface area contributed by atoms with Gasteiger partial charge in [-0.15, -0.1) is 5.10 Å². The van der Waals surface area contributed by atoms with Gasteiger partial charge in [-0.25, -0.2) is 4.79 Å². The van der Waals surface area contributed by atoms with E-state index >= 15 is 0 Å². The fraction of sp³-hybridized carbons (Fsp3) is 0.0625. The number of carbonyl (C=O) groups excluding carboxylic acids is 1. The molecule has 28 heavy (non-hydrogen) atoms. The Bertz CT molecular complexity index is 1040. The molecule has 3 rings (SSSR count). The number of nitro groups is 1.